The van der Waals surface area contributed by atoms with Crippen molar-refractivity contribution in [1.82, 2.24) is 0 Å². The van der Waals surface area contributed by atoms with Gasteiger partial charge in [0.15, 0.2) is 0 Å². The summed E-state index contributed by atoms with van der Waals surface area (Å²) in [7, 11) is 0. The summed E-state index contributed by atoms with van der Waals surface area (Å²) < 4.78 is 5.48. The van der Waals surface area contributed by atoms with Gasteiger partial charge < -0.3 is 4.74 Å². The van der Waals surface area contributed by atoms with Crippen LogP contribution in [0.2, 0.25) is 0 Å². The second-order valence-electron chi connectivity index (χ2n) is 3.53. The molecule has 64 valence electrons. The van der Waals surface area contributed by atoms with Gasteiger partial charge in [-0.25, -0.2) is 4.99 Å². The number of aliphatic imine (C=N–C) groups is 1. The third-order valence-corrected chi connectivity index (χ3v) is 2.19. The summed E-state index contributed by atoms with van der Waals surface area (Å²) in [5, 5.41) is 0.828. The molecular weight excluding hydrogens is 158 g/mol. The molecule has 0 fully saturated rings. The Morgan fingerprint density at radius 3 is 2.73 bits per heavy atom. The Labute approximate surface area is 72.4 Å². The highest BCUT2D eigenvalue weighted by atomic mass is 32.2. The maximum Gasteiger partial charge on any atom is 0.246 e. The van der Waals surface area contributed by atoms with E-state index < -0.39 is 0 Å². The molecule has 0 aromatic carbocycles. The van der Waals surface area contributed by atoms with E-state index in [9.17, 15) is 0 Å². The Hall–Kier alpha value is -0.180. The van der Waals surface area contributed by atoms with Gasteiger partial charge in [0.25, 0.3) is 0 Å². The second kappa shape index (κ2) is 3.05. The fraction of sp³-hybridized carbons (Fsp3) is 0.875. The van der Waals surface area contributed by atoms with E-state index in [1.165, 1.54) is 0 Å². The Balaban J connectivity index is 2.74. The molecule has 1 heterocycles. The lowest BCUT2D eigenvalue weighted by molar-refractivity contribution is 0.152. The largest absolute Gasteiger partial charge is 0.470 e. The van der Waals surface area contributed by atoms with E-state index in [0.717, 1.165) is 11.7 Å². The van der Waals surface area contributed by atoms with Gasteiger partial charge in [-0.2, -0.15) is 0 Å². The molecule has 1 unspecified atom stereocenters. The van der Waals surface area contributed by atoms with E-state index in [0.29, 0.717) is 6.10 Å². The highest BCUT2D eigenvalue weighted by molar-refractivity contribution is 8.12. The number of hydrogen-bond donors (Lipinski definition) is 0. The third kappa shape index (κ3) is 2.40. The molecule has 1 aliphatic rings. The van der Waals surface area contributed by atoms with Gasteiger partial charge >= 0.3 is 0 Å². The second-order valence-corrected chi connectivity index (χ2v) is 4.28. The average Bonchev–Trinajstić information content (AvgIpc) is 1.83. The molecular formula is C8H15NOS. The highest BCUT2D eigenvalue weighted by Gasteiger charge is 2.27. The number of thioether (sulfide) groups is 1. The van der Waals surface area contributed by atoms with Gasteiger partial charge in [0.2, 0.25) is 5.23 Å². The predicted octanol–water partition coefficient (Wildman–Crippen LogP) is 2.29. The molecule has 0 saturated carbocycles. The first-order valence-corrected chi connectivity index (χ1v) is 5.06. The molecule has 0 radical (unpaired) electrons. The molecule has 0 spiro atoms. The topological polar surface area (TPSA) is 21.6 Å². The number of ether oxygens (including phenoxy) is 1. The maximum absolute atomic E-state index is 5.48. The van der Waals surface area contributed by atoms with E-state index in [4.69, 9.17) is 4.74 Å². The fourth-order valence-electron chi connectivity index (χ4n) is 1.33. The Bertz CT molecular complexity index is 177. The Kier molecular flexibility index (Phi) is 2.47. The van der Waals surface area contributed by atoms with E-state index in [1.54, 1.807) is 11.8 Å². The van der Waals surface area contributed by atoms with Gasteiger partial charge in [-0.05, 0) is 27.0 Å². The average molecular weight is 173 g/mol. The first-order valence-electron chi connectivity index (χ1n) is 3.84. The summed E-state index contributed by atoms with van der Waals surface area (Å²) in [6.45, 7) is 6.37. The summed E-state index contributed by atoms with van der Waals surface area (Å²) in [6, 6.07) is 0. The molecule has 1 rings (SSSR count). The molecule has 3 heteroatoms. The van der Waals surface area contributed by atoms with Crippen LogP contribution in [0.3, 0.4) is 0 Å². The van der Waals surface area contributed by atoms with Gasteiger partial charge in [0.05, 0.1) is 5.54 Å². The molecule has 0 saturated heterocycles. The third-order valence-electron chi connectivity index (χ3n) is 1.66. The van der Waals surface area contributed by atoms with Gasteiger partial charge in [-0.3, -0.25) is 0 Å². The van der Waals surface area contributed by atoms with E-state index in [2.05, 4.69) is 25.8 Å². The molecule has 0 amide bonds. The maximum atomic E-state index is 5.48. The minimum absolute atomic E-state index is 0.0655. The van der Waals surface area contributed by atoms with Crippen molar-refractivity contribution in [2.45, 2.75) is 38.8 Å². The van der Waals surface area contributed by atoms with Crippen molar-refractivity contribution >= 4 is 17.0 Å². The SMILES string of the molecule is CSC1=NC(C)(C)CC(C)O1. The van der Waals surface area contributed by atoms with Gasteiger partial charge in [-0.1, -0.05) is 11.8 Å². The van der Waals surface area contributed by atoms with Gasteiger partial charge in [0.1, 0.15) is 6.10 Å². The summed E-state index contributed by atoms with van der Waals surface area (Å²) in [5.74, 6) is 0. The van der Waals surface area contributed by atoms with Crippen LogP contribution in [0.4, 0.5) is 0 Å². The van der Waals surface area contributed by atoms with Crippen LogP contribution in [-0.2, 0) is 4.74 Å². The minimum Gasteiger partial charge on any atom is -0.470 e. The lowest BCUT2D eigenvalue weighted by atomic mass is 9.98. The number of hydrogen-bond acceptors (Lipinski definition) is 3. The molecule has 0 aromatic heterocycles. The van der Waals surface area contributed by atoms with Crippen LogP contribution in [0.5, 0.6) is 0 Å². The van der Waals surface area contributed by atoms with Crippen molar-refractivity contribution in [1.29, 1.82) is 0 Å². The first-order chi connectivity index (χ1) is 5.03. The molecule has 0 aliphatic carbocycles. The summed E-state index contributed by atoms with van der Waals surface area (Å²) in [6.07, 6.45) is 3.31. The zero-order valence-electron chi connectivity index (χ0n) is 7.55. The molecule has 11 heavy (non-hydrogen) atoms. The zero-order chi connectivity index (χ0) is 8.48. The number of nitrogens with zero attached hydrogens (tertiary/aromatic N) is 1. The van der Waals surface area contributed by atoms with E-state index in [1.807, 2.05) is 6.26 Å². The van der Waals surface area contributed by atoms with Crippen molar-refractivity contribution < 1.29 is 4.74 Å². The lowest BCUT2D eigenvalue weighted by Gasteiger charge is -2.30. The van der Waals surface area contributed by atoms with Crippen molar-refractivity contribution in [2.24, 2.45) is 4.99 Å². The summed E-state index contributed by atoms with van der Waals surface area (Å²) in [5.41, 5.74) is 0.0655. The molecule has 0 aromatic rings. The van der Waals surface area contributed by atoms with Crippen LogP contribution < -0.4 is 0 Å². The van der Waals surface area contributed by atoms with Crippen molar-refractivity contribution in [3.8, 4) is 0 Å². The Morgan fingerprint density at radius 2 is 2.27 bits per heavy atom. The summed E-state index contributed by atoms with van der Waals surface area (Å²) in [4.78, 5) is 4.44. The molecule has 0 bridgehead atoms. The standard InChI is InChI=1S/C8H15NOS/c1-6-5-8(2,3)9-7(10-6)11-4/h6H,5H2,1-4H3. The quantitative estimate of drug-likeness (QED) is 0.560. The van der Waals surface area contributed by atoms with E-state index in [-0.39, 0.29) is 5.54 Å². The predicted molar refractivity (Wildman–Crippen MR) is 50.2 cm³/mol. The van der Waals surface area contributed by atoms with Crippen molar-refractivity contribution in [3.63, 3.8) is 0 Å². The highest BCUT2D eigenvalue weighted by Crippen LogP contribution is 2.26. The molecule has 2 nitrogen and oxygen atoms in total. The van der Waals surface area contributed by atoms with Crippen LogP contribution >= 0.6 is 11.8 Å². The monoisotopic (exact) mass is 173 g/mol. The van der Waals surface area contributed by atoms with E-state index >= 15 is 0 Å². The Morgan fingerprint density at radius 1 is 1.64 bits per heavy atom. The minimum atomic E-state index is 0.0655. The lowest BCUT2D eigenvalue weighted by Crippen LogP contribution is -2.32. The normalized spacial score (nSPS) is 29.1. The van der Waals surface area contributed by atoms with Crippen LogP contribution in [0.1, 0.15) is 27.2 Å². The summed E-state index contributed by atoms with van der Waals surface area (Å²) >= 11 is 1.58. The molecule has 0 N–H and O–H groups in total. The smallest absolute Gasteiger partial charge is 0.246 e. The zero-order valence-corrected chi connectivity index (χ0v) is 8.36. The van der Waals surface area contributed by atoms with Crippen LogP contribution in [0, 0.1) is 0 Å². The molecule has 1 atom stereocenters. The van der Waals surface area contributed by atoms with Crippen LogP contribution in [0.25, 0.3) is 0 Å². The number of rotatable bonds is 0. The molecule has 1 aliphatic heterocycles. The van der Waals surface area contributed by atoms with Crippen molar-refractivity contribution in [2.75, 3.05) is 6.26 Å². The fourth-order valence-corrected chi connectivity index (χ4v) is 1.93. The van der Waals surface area contributed by atoms with Crippen LogP contribution in [0.15, 0.2) is 4.99 Å². The van der Waals surface area contributed by atoms with Gasteiger partial charge in [-0.15, -0.1) is 0 Å². The van der Waals surface area contributed by atoms with Gasteiger partial charge in [0, 0.05) is 6.42 Å². The van der Waals surface area contributed by atoms with Crippen molar-refractivity contribution in [3.05, 3.63) is 0 Å². The first kappa shape index (κ1) is 8.91. The van der Waals surface area contributed by atoms with Crippen LogP contribution in [-0.4, -0.2) is 23.1 Å².